The van der Waals surface area contributed by atoms with Crippen LogP contribution in [0.2, 0.25) is 0 Å². The Labute approximate surface area is 129 Å². The highest BCUT2D eigenvalue weighted by Crippen LogP contribution is 2.45. The summed E-state index contributed by atoms with van der Waals surface area (Å²) in [6, 6.07) is 9.22. The van der Waals surface area contributed by atoms with Gasteiger partial charge in [0.1, 0.15) is 10.5 Å². The van der Waals surface area contributed by atoms with Crippen LogP contribution in [0.3, 0.4) is 0 Å². The first-order valence-corrected chi connectivity index (χ1v) is 8.66. The first-order valence-electron chi connectivity index (χ1n) is 7.18. The molecule has 7 heteroatoms. The van der Waals surface area contributed by atoms with Gasteiger partial charge < -0.3 is 5.11 Å². The molecule has 1 saturated carbocycles. The van der Waals surface area contributed by atoms with Crippen molar-refractivity contribution in [2.45, 2.75) is 23.3 Å². The van der Waals surface area contributed by atoms with Crippen molar-refractivity contribution >= 4 is 10.0 Å². The summed E-state index contributed by atoms with van der Waals surface area (Å²) in [5, 5.41) is 14.9. The summed E-state index contributed by atoms with van der Waals surface area (Å²) in [4.78, 5) is 0.0983. The van der Waals surface area contributed by atoms with Gasteiger partial charge in [-0.2, -0.15) is 5.10 Å². The molecule has 118 valence electrons. The Balaban J connectivity index is 1.81. The van der Waals surface area contributed by atoms with E-state index in [4.69, 9.17) is 0 Å². The van der Waals surface area contributed by atoms with Crippen LogP contribution in [0.5, 0.6) is 0 Å². The van der Waals surface area contributed by atoms with Gasteiger partial charge in [0.2, 0.25) is 10.0 Å². The normalized spacial score (nSPS) is 18.1. The largest absolute Gasteiger partial charge is 0.383 e. The monoisotopic (exact) mass is 321 g/mol. The van der Waals surface area contributed by atoms with Crippen molar-refractivity contribution in [3.05, 3.63) is 48.3 Å². The Morgan fingerprint density at radius 3 is 2.59 bits per heavy atom. The van der Waals surface area contributed by atoms with Gasteiger partial charge in [-0.25, -0.2) is 13.1 Å². The molecule has 1 unspecified atom stereocenters. The molecule has 1 aromatic heterocycles. The Bertz CT molecular complexity index is 753. The first-order chi connectivity index (χ1) is 10.4. The number of nitrogens with one attached hydrogen (secondary N) is 1. The van der Waals surface area contributed by atoms with E-state index >= 15 is 0 Å². The molecule has 2 N–H and O–H groups in total. The van der Waals surface area contributed by atoms with Gasteiger partial charge in [0, 0.05) is 19.8 Å². The van der Waals surface area contributed by atoms with Gasteiger partial charge in [-0.1, -0.05) is 30.3 Å². The Hall–Kier alpha value is -1.70. The van der Waals surface area contributed by atoms with Gasteiger partial charge in [0.05, 0.1) is 6.20 Å². The second-order valence-electron chi connectivity index (χ2n) is 5.74. The molecule has 22 heavy (non-hydrogen) atoms. The van der Waals surface area contributed by atoms with Crippen molar-refractivity contribution in [1.82, 2.24) is 14.5 Å². The van der Waals surface area contributed by atoms with E-state index in [1.165, 1.54) is 17.1 Å². The molecule has 0 radical (unpaired) electrons. The number of hydrogen-bond donors (Lipinski definition) is 2. The zero-order valence-electron chi connectivity index (χ0n) is 12.3. The summed E-state index contributed by atoms with van der Waals surface area (Å²) in [7, 11) is -2.02. The maximum Gasteiger partial charge on any atom is 0.243 e. The maximum absolute atomic E-state index is 12.3. The van der Waals surface area contributed by atoms with Crippen LogP contribution < -0.4 is 4.72 Å². The molecule has 1 aromatic carbocycles. The van der Waals surface area contributed by atoms with Crippen molar-refractivity contribution in [1.29, 1.82) is 0 Å². The highest BCUT2D eigenvalue weighted by Gasteiger charge is 2.45. The van der Waals surface area contributed by atoms with E-state index < -0.39 is 15.6 Å². The lowest BCUT2D eigenvalue weighted by Gasteiger charge is -2.29. The maximum atomic E-state index is 12.3. The molecule has 2 aromatic rings. The smallest absolute Gasteiger partial charge is 0.243 e. The number of aliphatic hydroxyl groups is 1. The molecule has 0 saturated heterocycles. The summed E-state index contributed by atoms with van der Waals surface area (Å²) in [5.74, 6) is 0.0894. The molecular weight excluding hydrogens is 302 g/mol. The first kappa shape index (κ1) is 15.2. The predicted molar refractivity (Wildman–Crippen MR) is 81.5 cm³/mol. The van der Waals surface area contributed by atoms with Crippen LogP contribution in [0, 0.1) is 5.92 Å². The fourth-order valence-electron chi connectivity index (χ4n) is 2.60. The van der Waals surface area contributed by atoms with E-state index in [0.717, 1.165) is 18.4 Å². The van der Waals surface area contributed by atoms with Crippen LogP contribution in [-0.4, -0.2) is 29.8 Å². The second kappa shape index (κ2) is 5.49. The van der Waals surface area contributed by atoms with Gasteiger partial charge in [0.15, 0.2) is 0 Å². The van der Waals surface area contributed by atoms with Crippen LogP contribution in [-0.2, 0) is 22.7 Å². The van der Waals surface area contributed by atoms with Crippen molar-refractivity contribution < 1.29 is 13.5 Å². The fraction of sp³-hybridized carbons (Fsp3) is 0.400. The number of nitrogens with zero attached hydrogens (tertiary/aromatic N) is 2. The van der Waals surface area contributed by atoms with Crippen molar-refractivity contribution in [3.8, 4) is 0 Å². The number of benzene rings is 1. The summed E-state index contributed by atoms with van der Waals surface area (Å²) in [6.45, 7) is -0.0428. The molecule has 1 atom stereocenters. The highest BCUT2D eigenvalue weighted by molar-refractivity contribution is 7.89. The van der Waals surface area contributed by atoms with Gasteiger partial charge in [0.25, 0.3) is 0 Å². The molecular formula is C15H19N3O3S. The molecule has 1 aliphatic rings. The third-order valence-electron chi connectivity index (χ3n) is 4.05. The zero-order valence-corrected chi connectivity index (χ0v) is 13.1. The number of aryl methyl sites for hydroxylation is 1. The molecule has 0 spiro atoms. The minimum atomic E-state index is -3.68. The molecule has 1 fully saturated rings. The summed E-state index contributed by atoms with van der Waals surface area (Å²) in [6.07, 6.45) is 4.53. The molecule has 0 amide bonds. The average Bonchev–Trinajstić information content (AvgIpc) is 3.28. The summed E-state index contributed by atoms with van der Waals surface area (Å²) in [5.41, 5.74) is -0.428. The highest BCUT2D eigenvalue weighted by atomic mass is 32.2. The minimum Gasteiger partial charge on any atom is -0.383 e. The molecule has 3 rings (SSSR count). The standard InChI is InChI=1S/C15H19N3O3S/c1-18-10-14(9-16-18)22(20,21)17-11-15(19,13-7-8-13)12-5-3-2-4-6-12/h2-6,9-10,13,17,19H,7-8,11H2,1H3. The number of hydrogen-bond acceptors (Lipinski definition) is 4. The van der Waals surface area contributed by atoms with E-state index in [1.54, 1.807) is 7.05 Å². The lowest BCUT2D eigenvalue weighted by molar-refractivity contribution is 0.0185. The van der Waals surface area contributed by atoms with Crippen molar-refractivity contribution in [2.75, 3.05) is 6.54 Å². The molecule has 0 bridgehead atoms. The Morgan fingerprint density at radius 1 is 1.36 bits per heavy atom. The van der Waals surface area contributed by atoms with E-state index in [-0.39, 0.29) is 17.4 Å². The Kier molecular flexibility index (Phi) is 3.80. The van der Waals surface area contributed by atoms with Gasteiger partial charge in [-0.05, 0) is 24.3 Å². The number of aromatic nitrogens is 2. The predicted octanol–water partition coefficient (Wildman–Crippen LogP) is 0.996. The number of sulfonamides is 1. The van der Waals surface area contributed by atoms with Gasteiger partial charge >= 0.3 is 0 Å². The average molecular weight is 321 g/mol. The van der Waals surface area contributed by atoms with E-state index in [0.29, 0.717) is 0 Å². The van der Waals surface area contributed by atoms with Crippen LogP contribution in [0.4, 0.5) is 0 Å². The van der Waals surface area contributed by atoms with E-state index in [1.807, 2.05) is 30.3 Å². The second-order valence-corrected chi connectivity index (χ2v) is 7.51. The summed E-state index contributed by atoms with van der Waals surface area (Å²) >= 11 is 0. The molecule has 1 heterocycles. The van der Waals surface area contributed by atoms with Crippen LogP contribution in [0.1, 0.15) is 18.4 Å². The Morgan fingerprint density at radius 2 is 2.05 bits per heavy atom. The van der Waals surface area contributed by atoms with E-state index in [9.17, 15) is 13.5 Å². The molecule has 1 aliphatic carbocycles. The van der Waals surface area contributed by atoms with Gasteiger partial charge in [-0.3, -0.25) is 4.68 Å². The lowest BCUT2D eigenvalue weighted by Crippen LogP contribution is -2.42. The van der Waals surface area contributed by atoms with Crippen molar-refractivity contribution in [3.63, 3.8) is 0 Å². The minimum absolute atomic E-state index is 0.0428. The third-order valence-corrected chi connectivity index (χ3v) is 5.41. The van der Waals surface area contributed by atoms with Gasteiger partial charge in [-0.15, -0.1) is 0 Å². The topological polar surface area (TPSA) is 84.2 Å². The van der Waals surface area contributed by atoms with Crippen LogP contribution in [0.15, 0.2) is 47.6 Å². The third kappa shape index (κ3) is 2.92. The van der Waals surface area contributed by atoms with Crippen LogP contribution in [0.25, 0.3) is 0 Å². The van der Waals surface area contributed by atoms with E-state index in [2.05, 4.69) is 9.82 Å². The zero-order chi connectivity index (χ0) is 15.8. The van der Waals surface area contributed by atoms with Crippen LogP contribution >= 0.6 is 0 Å². The fourth-order valence-corrected chi connectivity index (χ4v) is 3.65. The quantitative estimate of drug-likeness (QED) is 0.831. The number of rotatable bonds is 6. The SMILES string of the molecule is Cn1cc(S(=O)(=O)NCC(O)(c2ccccc2)C2CC2)cn1. The molecule has 0 aliphatic heterocycles. The van der Waals surface area contributed by atoms with Crippen molar-refractivity contribution in [2.24, 2.45) is 13.0 Å². The molecule has 6 nitrogen and oxygen atoms in total. The lowest BCUT2D eigenvalue weighted by atomic mass is 9.89. The summed E-state index contributed by atoms with van der Waals surface area (Å²) < 4.78 is 28.5.